The van der Waals surface area contributed by atoms with Gasteiger partial charge in [-0.15, -0.1) is 0 Å². The van der Waals surface area contributed by atoms with Gasteiger partial charge in [0.2, 0.25) is 0 Å². The summed E-state index contributed by atoms with van der Waals surface area (Å²) in [5.41, 5.74) is 1.80. The van der Waals surface area contributed by atoms with Gasteiger partial charge in [0.15, 0.2) is 0 Å². The summed E-state index contributed by atoms with van der Waals surface area (Å²) in [6, 6.07) is 14.1. The monoisotopic (exact) mass is 282 g/mol. The van der Waals surface area contributed by atoms with Crippen LogP contribution in [0.4, 0.5) is 5.69 Å². The SMILES string of the molecule is CCCCOCCCNc1ccc(C#N)c2ccccc12. The number of unbranched alkanes of at least 4 members (excludes halogenated alkanes) is 1. The summed E-state index contributed by atoms with van der Waals surface area (Å²) in [6.07, 6.45) is 3.29. The lowest BCUT2D eigenvalue weighted by Crippen LogP contribution is -2.06. The van der Waals surface area contributed by atoms with Crippen LogP contribution in [0.2, 0.25) is 0 Å². The van der Waals surface area contributed by atoms with Crippen LogP contribution in [0.15, 0.2) is 36.4 Å². The summed E-state index contributed by atoms with van der Waals surface area (Å²) in [6.45, 7) is 4.69. The van der Waals surface area contributed by atoms with Crippen molar-refractivity contribution in [2.75, 3.05) is 25.1 Å². The minimum Gasteiger partial charge on any atom is -0.384 e. The number of nitrogens with zero attached hydrogens (tertiary/aromatic N) is 1. The number of nitrogens with one attached hydrogen (secondary N) is 1. The smallest absolute Gasteiger partial charge is 0.0998 e. The fraction of sp³-hybridized carbons (Fsp3) is 0.389. The van der Waals surface area contributed by atoms with Crippen molar-refractivity contribution in [3.63, 3.8) is 0 Å². The lowest BCUT2D eigenvalue weighted by Gasteiger charge is -2.11. The topological polar surface area (TPSA) is 45.0 Å². The van der Waals surface area contributed by atoms with Gasteiger partial charge >= 0.3 is 0 Å². The van der Waals surface area contributed by atoms with Gasteiger partial charge in [-0.3, -0.25) is 0 Å². The van der Waals surface area contributed by atoms with Crippen molar-refractivity contribution in [3.05, 3.63) is 42.0 Å². The first kappa shape index (κ1) is 15.3. The van der Waals surface area contributed by atoms with E-state index in [2.05, 4.69) is 24.4 Å². The molecule has 1 N–H and O–H groups in total. The highest BCUT2D eigenvalue weighted by molar-refractivity contribution is 5.97. The number of hydrogen-bond acceptors (Lipinski definition) is 3. The largest absolute Gasteiger partial charge is 0.384 e. The molecule has 0 saturated heterocycles. The Labute approximate surface area is 126 Å². The molecule has 2 aromatic rings. The molecule has 2 aromatic carbocycles. The van der Waals surface area contributed by atoms with Crippen LogP contribution in [0, 0.1) is 11.3 Å². The highest BCUT2D eigenvalue weighted by Crippen LogP contribution is 2.26. The zero-order valence-corrected chi connectivity index (χ0v) is 12.6. The molecule has 21 heavy (non-hydrogen) atoms. The summed E-state index contributed by atoms with van der Waals surface area (Å²) in [7, 11) is 0. The quantitative estimate of drug-likeness (QED) is 0.733. The molecule has 0 heterocycles. The maximum absolute atomic E-state index is 9.16. The molecular formula is C18H22N2O. The molecule has 0 atom stereocenters. The highest BCUT2D eigenvalue weighted by Gasteiger charge is 2.04. The molecule has 0 radical (unpaired) electrons. The summed E-state index contributed by atoms with van der Waals surface area (Å²) < 4.78 is 5.55. The molecule has 0 unspecified atom stereocenters. The first-order valence-corrected chi connectivity index (χ1v) is 7.60. The first-order valence-electron chi connectivity index (χ1n) is 7.60. The summed E-state index contributed by atoms with van der Waals surface area (Å²) >= 11 is 0. The lowest BCUT2D eigenvalue weighted by atomic mass is 10.0. The first-order chi connectivity index (χ1) is 10.4. The second kappa shape index (κ2) is 8.28. The van der Waals surface area contributed by atoms with Gasteiger partial charge < -0.3 is 10.1 Å². The van der Waals surface area contributed by atoms with Crippen LogP contribution in [-0.4, -0.2) is 19.8 Å². The van der Waals surface area contributed by atoms with Crippen LogP contribution in [0.25, 0.3) is 10.8 Å². The Kier molecular flexibility index (Phi) is 6.05. The van der Waals surface area contributed by atoms with Crippen molar-refractivity contribution in [3.8, 4) is 6.07 Å². The third-order valence-electron chi connectivity index (χ3n) is 3.47. The third kappa shape index (κ3) is 4.21. The van der Waals surface area contributed by atoms with Crippen LogP contribution in [0.1, 0.15) is 31.7 Å². The highest BCUT2D eigenvalue weighted by atomic mass is 16.5. The Morgan fingerprint density at radius 3 is 2.57 bits per heavy atom. The number of hydrogen-bond donors (Lipinski definition) is 1. The maximum atomic E-state index is 9.16. The number of anilines is 1. The van der Waals surface area contributed by atoms with Crippen LogP contribution < -0.4 is 5.32 Å². The second-order valence-corrected chi connectivity index (χ2v) is 5.06. The van der Waals surface area contributed by atoms with Gasteiger partial charge in [0.05, 0.1) is 11.6 Å². The van der Waals surface area contributed by atoms with Crippen molar-refractivity contribution in [2.24, 2.45) is 0 Å². The molecule has 0 saturated carbocycles. The van der Waals surface area contributed by atoms with Gasteiger partial charge in [-0.1, -0.05) is 37.6 Å². The average Bonchev–Trinajstić information content (AvgIpc) is 2.54. The Balaban J connectivity index is 1.92. The minimum atomic E-state index is 0.721. The molecule has 110 valence electrons. The second-order valence-electron chi connectivity index (χ2n) is 5.06. The predicted molar refractivity (Wildman–Crippen MR) is 87.5 cm³/mol. The van der Waals surface area contributed by atoms with Gasteiger partial charge in [0, 0.05) is 36.2 Å². The van der Waals surface area contributed by atoms with E-state index < -0.39 is 0 Å². The molecule has 0 aromatic heterocycles. The van der Waals surface area contributed by atoms with Crippen molar-refractivity contribution in [2.45, 2.75) is 26.2 Å². The molecule has 3 nitrogen and oxygen atoms in total. The van der Waals surface area contributed by atoms with Gasteiger partial charge in [-0.2, -0.15) is 5.26 Å². The van der Waals surface area contributed by atoms with E-state index in [4.69, 9.17) is 10.00 Å². The van der Waals surface area contributed by atoms with Crippen LogP contribution in [-0.2, 0) is 4.74 Å². The normalized spacial score (nSPS) is 10.5. The number of ether oxygens (including phenoxy) is 1. The zero-order chi connectivity index (χ0) is 14.9. The van der Waals surface area contributed by atoms with Gasteiger partial charge in [0.25, 0.3) is 0 Å². The average molecular weight is 282 g/mol. The summed E-state index contributed by atoms with van der Waals surface area (Å²) in [5.74, 6) is 0. The van der Waals surface area contributed by atoms with Crippen LogP contribution in [0.3, 0.4) is 0 Å². The van der Waals surface area contributed by atoms with E-state index in [0.717, 1.165) is 54.6 Å². The molecule has 3 heteroatoms. The summed E-state index contributed by atoms with van der Waals surface area (Å²) in [5, 5.41) is 14.7. The Bertz CT molecular complexity index is 616. The van der Waals surface area contributed by atoms with Gasteiger partial charge in [-0.25, -0.2) is 0 Å². The fourth-order valence-corrected chi connectivity index (χ4v) is 2.30. The molecule has 0 bridgehead atoms. The van der Waals surface area contributed by atoms with Crippen molar-refractivity contribution >= 4 is 16.5 Å². The molecule has 0 spiro atoms. The molecule has 0 aliphatic rings. The van der Waals surface area contributed by atoms with Crippen molar-refractivity contribution in [1.82, 2.24) is 0 Å². The van der Waals surface area contributed by atoms with E-state index in [1.807, 2.05) is 30.3 Å². The summed E-state index contributed by atoms with van der Waals surface area (Å²) in [4.78, 5) is 0. The van der Waals surface area contributed by atoms with E-state index in [1.54, 1.807) is 0 Å². The number of benzene rings is 2. The predicted octanol–water partition coefficient (Wildman–Crippen LogP) is 4.33. The molecule has 2 rings (SSSR count). The molecule has 0 aliphatic heterocycles. The molecular weight excluding hydrogens is 260 g/mol. The standard InChI is InChI=1S/C18H22N2O/c1-2-3-12-21-13-6-11-20-18-10-9-15(14-19)16-7-4-5-8-17(16)18/h4-5,7-10,20H,2-3,6,11-13H2,1H3. The Morgan fingerprint density at radius 1 is 1.05 bits per heavy atom. The van der Waals surface area contributed by atoms with Crippen LogP contribution in [0.5, 0.6) is 0 Å². The Hall–Kier alpha value is -2.05. The molecule has 0 amide bonds. The van der Waals surface area contributed by atoms with E-state index in [0.29, 0.717) is 0 Å². The van der Waals surface area contributed by atoms with Crippen molar-refractivity contribution in [1.29, 1.82) is 5.26 Å². The van der Waals surface area contributed by atoms with E-state index >= 15 is 0 Å². The molecule has 0 fully saturated rings. The number of fused-ring (bicyclic) bond motifs is 1. The lowest BCUT2D eigenvalue weighted by molar-refractivity contribution is 0.131. The molecule has 0 aliphatic carbocycles. The third-order valence-corrected chi connectivity index (χ3v) is 3.47. The van der Waals surface area contributed by atoms with Gasteiger partial charge in [-0.05, 0) is 25.0 Å². The Morgan fingerprint density at radius 2 is 1.81 bits per heavy atom. The zero-order valence-electron chi connectivity index (χ0n) is 12.6. The maximum Gasteiger partial charge on any atom is 0.0998 e. The minimum absolute atomic E-state index is 0.721. The van der Waals surface area contributed by atoms with E-state index in [1.165, 1.54) is 6.42 Å². The van der Waals surface area contributed by atoms with Gasteiger partial charge in [0.1, 0.15) is 0 Å². The van der Waals surface area contributed by atoms with E-state index in [-0.39, 0.29) is 0 Å². The number of rotatable bonds is 8. The van der Waals surface area contributed by atoms with Crippen molar-refractivity contribution < 1.29 is 4.74 Å². The number of nitriles is 1. The van der Waals surface area contributed by atoms with E-state index in [9.17, 15) is 0 Å². The fourth-order valence-electron chi connectivity index (χ4n) is 2.30. The van der Waals surface area contributed by atoms with Crippen LogP contribution >= 0.6 is 0 Å².